The molecular formula is C64H123NO5. The molecule has 0 aromatic carbocycles. The molecule has 70 heavy (non-hydrogen) atoms. The van der Waals surface area contributed by atoms with E-state index in [4.69, 9.17) is 4.74 Å². The molecule has 2 atom stereocenters. The molecule has 0 heterocycles. The second kappa shape index (κ2) is 59.9. The van der Waals surface area contributed by atoms with Gasteiger partial charge in [-0.2, -0.15) is 0 Å². The van der Waals surface area contributed by atoms with Crippen LogP contribution in [0.25, 0.3) is 0 Å². The fourth-order valence-corrected chi connectivity index (χ4v) is 9.87. The van der Waals surface area contributed by atoms with Crippen molar-refractivity contribution in [2.24, 2.45) is 0 Å². The summed E-state index contributed by atoms with van der Waals surface area (Å²) in [6.07, 6.45) is 73.6. The minimum absolute atomic E-state index is 0.00748. The Kier molecular flexibility index (Phi) is 58.5. The number of aliphatic hydroxyl groups is 2. The molecule has 0 rings (SSSR count). The molecule has 0 fully saturated rings. The Labute approximate surface area is 437 Å². The van der Waals surface area contributed by atoms with E-state index in [9.17, 15) is 19.8 Å². The van der Waals surface area contributed by atoms with Gasteiger partial charge in [-0.1, -0.05) is 301 Å². The van der Waals surface area contributed by atoms with Crippen molar-refractivity contribution in [3.63, 3.8) is 0 Å². The molecule has 1 amide bonds. The van der Waals surface area contributed by atoms with Crippen molar-refractivity contribution < 1.29 is 24.5 Å². The summed E-state index contributed by atoms with van der Waals surface area (Å²) < 4.78 is 5.50. The van der Waals surface area contributed by atoms with Crippen LogP contribution in [0.4, 0.5) is 0 Å². The highest BCUT2D eigenvalue weighted by molar-refractivity contribution is 5.76. The molecule has 0 spiro atoms. The Balaban J connectivity index is 3.40. The van der Waals surface area contributed by atoms with Crippen molar-refractivity contribution in [3.05, 3.63) is 24.3 Å². The van der Waals surface area contributed by atoms with Crippen molar-refractivity contribution in [3.8, 4) is 0 Å². The number of carbonyl (C=O) groups is 2. The first-order valence-electron chi connectivity index (χ1n) is 31.6. The highest BCUT2D eigenvalue weighted by Crippen LogP contribution is 2.18. The van der Waals surface area contributed by atoms with Gasteiger partial charge in [0.2, 0.25) is 5.91 Å². The lowest BCUT2D eigenvalue weighted by atomic mass is 10.0. The molecule has 414 valence electrons. The SMILES string of the molecule is CCCCCCCCC/C=C\CCCCCCCCCC(=O)OCCCCCCCCCCCCCCCCCCCCCCC(=O)NC(CO)C(O)/C=C/CCCCCCCCCCCCCCC. The number of esters is 1. The average Bonchev–Trinajstić information content (AvgIpc) is 3.36. The Bertz CT molecular complexity index is 1090. The number of unbranched alkanes of at least 4 members (excludes halogenated alkanes) is 46. The van der Waals surface area contributed by atoms with Gasteiger partial charge in [-0.15, -0.1) is 0 Å². The first-order chi connectivity index (χ1) is 34.5. The highest BCUT2D eigenvalue weighted by Gasteiger charge is 2.18. The molecule has 3 N–H and O–H groups in total. The summed E-state index contributed by atoms with van der Waals surface area (Å²) in [5.74, 6) is -0.0606. The van der Waals surface area contributed by atoms with Crippen LogP contribution in [0.2, 0.25) is 0 Å². The minimum Gasteiger partial charge on any atom is -0.466 e. The van der Waals surface area contributed by atoms with Gasteiger partial charge in [-0.05, 0) is 57.8 Å². The number of aliphatic hydroxyl groups excluding tert-OH is 2. The van der Waals surface area contributed by atoms with Crippen LogP contribution in [0.3, 0.4) is 0 Å². The smallest absolute Gasteiger partial charge is 0.305 e. The summed E-state index contributed by atoms with van der Waals surface area (Å²) >= 11 is 0. The molecule has 2 unspecified atom stereocenters. The van der Waals surface area contributed by atoms with Gasteiger partial charge < -0.3 is 20.3 Å². The van der Waals surface area contributed by atoms with Gasteiger partial charge in [-0.25, -0.2) is 0 Å². The summed E-state index contributed by atoms with van der Waals surface area (Å²) in [4.78, 5) is 24.6. The van der Waals surface area contributed by atoms with E-state index in [2.05, 4.69) is 31.3 Å². The zero-order valence-electron chi connectivity index (χ0n) is 47.3. The molecular weight excluding hydrogens is 863 g/mol. The van der Waals surface area contributed by atoms with Crippen molar-refractivity contribution >= 4 is 11.9 Å². The quantitative estimate of drug-likeness (QED) is 0.0321. The monoisotopic (exact) mass is 986 g/mol. The molecule has 6 heteroatoms. The maximum atomic E-state index is 12.5. The van der Waals surface area contributed by atoms with Gasteiger partial charge in [-0.3, -0.25) is 9.59 Å². The number of ether oxygens (including phenoxy) is 1. The topological polar surface area (TPSA) is 95.9 Å². The molecule has 0 aromatic heterocycles. The van der Waals surface area contributed by atoms with Crippen LogP contribution in [0.15, 0.2) is 24.3 Å². The lowest BCUT2D eigenvalue weighted by Gasteiger charge is -2.20. The molecule has 0 saturated heterocycles. The van der Waals surface area contributed by atoms with Crippen LogP contribution in [-0.4, -0.2) is 47.4 Å². The fraction of sp³-hybridized carbons (Fsp3) is 0.906. The van der Waals surface area contributed by atoms with Gasteiger partial charge >= 0.3 is 5.97 Å². The van der Waals surface area contributed by atoms with Gasteiger partial charge in [0.1, 0.15) is 0 Å². The Morgan fingerprint density at radius 1 is 0.386 bits per heavy atom. The Morgan fingerprint density at radius 3 is 1.01 bits per heavy atom. The van der Waals surface area contributed by atoms with Crippen molar-refractivity contribution in [1.82, 2.24) is 5.32 Å². The van der Waals surface area contributed by atoms with Crippen LogP contribution in [0, 0.1) is 0 Å². The molecule has 0 aliphatic rings. The number of carbonyl (C=O) groups excluding carboxylic acids is 2. The number of hydrogen-bond donors (Lipinski definition) is 3. The number of rotatable bonds is 59. The van der Waals surface area contributed by atoms with Crippen LogP contribution in [-0.2, 0) is 14.3 Å². The second-order valence-corrected chi connectivity index (χ2v) is 21.7. The van der Waals surface area contributed by atoms with E-state index in [0.717, 1.165) is 44.9 Å². The molecule has 0 aliphatic heterocycles. The maximum absolute atomic E-state index is 12.5. The fourth-order valence-electron chi connectivity index (χ4n) is 9.87. The summed E-state index contributed by atoms with van der Waals surface area (Å²) in [6.45, 7) is 4.92. The third-order valence-corrected chi connectivity index (χ3v) is 14.7. The van der Waals surface area contributed by atoms with E-state index < -0.39 is 12.1 Å². The molecule has 0 saturated carbocycles. The van der Waals surface area contributed by atoms with Gasteiger partial charge in [0, 0.05) is 12.8 Å². The van der Waals surface area contributed by atoms with Crippen molar-refractivity contribution in [2.45, 2.75) is 360 Å². The van der Waals surface area contributed by atoms with Crippen LogP contribution >= 0.6 is 0 Å². The first-order valence-corrected chi connectivity index (χ1v) is 31.6. The van der Waals surface area contributed by atoms with E-state index in [1.54, 1.807) is 6.08 Å². The van der Waals surface area contributed by atoms with Crippen LogP contribution < -0.4 is 5.32 Å². The van der Waals surface area contributed by atoms with Gasteiger partial charge in [0.05, 0.1) is 25.4 Å². The molecule has 0 aliphatic carbocycles. The van der Waals surface area contributed by atoms with Crippen molar-refractivity contribution in [1.29, 1.82) is 0 Å². The van der Waals surface area contributed by atoms with E-state index in [1.165, 1.54) is 276 Å². The summed E-state index contributed by atoms with van der Waals surface area (Å²) in [5, 5.41) is 23.1. The molecule has 0 radical (unpaired) electrons. The predicted octanol–water partition coefficient (Wildman–Crippen LogP) is 19.8. The Hall–Kier alpha value is -1.66. The van der Waals surface area contributed by atoms with Gasteiger partial charge in [0.25, 0.3) is 0 Å². The van der Waals surface area contributed by atoms with E-state index >= 15 is 0 Å². The van der Waals surface area contributed by atoms with E-state index in [-0.39, 0.29) is 18.5 Å². The zero-order chi connectivity index (χ0) is 50.7. The minimum atomic E-state index is -0.845. The van der Waals surface area contributed by atoms with Crippen molar-refractivity contribution in [2.75, 3.05) is 13.2 Å². The molecule has 0 aromatic rings. The van der Waals surface area contributed by atoms with E-state index in [0.29, 0.717) is 19.4 Å². The third-order valence-electron chi connectivity index (χ3n) is 14.7. The Morgan fingerprint density at radius 2 is 0.671 bits per heavy atom. The predicted molar refractivity (Wildman–Crippen MR) is 306 cm³/mol. The normalized spacial score (nSPS) is 12.7. The first kappa shape index (κ1) is 68.3. The van der Waals surface area contributed by atoms with Gasteiger partial charge in [0.15, 0.2) is 0 Å². The number of amides is 1. The maximum Gasteiger partial charge on any atom is 0.305 e. The molecule has 6 nitrogen and oxygen atoms in total. The van der Waals surface area contributed by atoms with E-state index in [1.807, 2.05) is 6.08 Å². The largest absolute Gasteiger partial charge is 0.466 e. The number of nitrogens with one attached hydrogen (secondary N) is 1. The molecule has 0 bridgehead atoms. The second-order valence-electron chi connectivity index (χ2n) is 21.7. The summed E-state index contributed by atoms with van der Waals surface area (Å²) in [7, 11) is 0. The lowest BCUT2D eigenvalue weighted by molar-refractivity contribution is -0.143. The highest BCUT2D eigenvalue weighted by atomic mass is 16.5. The van der Waals surface area contributed by atoms with Crippen LogP contribution in [0.5, 0.6) is 0 Å². The zero-order valence-corrected chi connectivity index (χ0v) is 47.3. The van der Waals surface area contributed by atoms with Crippen LogP contribution in [0.1, 0.15) is 348 Å². The summed E-state index contributed by atoms with van der Waals surface area (Å²) in [5.41, 5.74) is 0. The number of hydrogen-bond acceptors (Lipinski definition) is 5. The third kappa shape index (κ3) is 55.7. The average molecular weight is 987 g/mol. The number of allylic oxidation sites excluding steroid dienone is 3. The summed E-state index contributed by atoms with van der Waals surface area (Å²) in [6, 6.07) is -0.629. The standard InChI is InChI=1S/C64H123NO5/c1-3-5-7-9-11-13-15-17-19-20-26-30-34-38-42-46-50-54-58-64(69)70-59-55-51-47-43-39-35-31-27-24-22-21-23-25-29-33-37-41-45-49-53-57-63(68)65-61(60-66)62(67)56-52-48-44-40-36-32-28-18-16-14-12-10-8-6-4-2/h19-20,52,56,61-62,66-67H,3-18,21-51,53-55,57-60H2,1-2H3,(H,65,68)/b20-19-,56-52+. The lowest BCUT2D eigenvalue weighted by Crippen LogP contribution is -2.45.